The van der Waals surface area contributed by atoms with Crippen molar-refractivity contribution in [3.8, 4) is 11.5 Å². The standard InChI is InChI=1S/C17H18ClN3O3S/c1-3-24-14-9-4-11(10-15(14)23-2)16(22)20-21-17(25)19-13-7-5-12(18)6-8-13/h4-10H,3H2,1-2H3,(H,20,22)(H2,19,21,25). The van der Waals surface area contributed by atoms with E-state index < -0.39 is 0 Å². The Balaban J connectivity index is 1.93. The minimum absolute atomic E-state index is 0.244. The summed E-state index contributed by atoms with van der Waals surface area (Å²) in [4.78, 5) is 12.2. The lowest BCUT2D eigenvalue weighted by Gasteiger charge is -2.13. The monoisotopic (exact) mass is 379 g/mol. The topological polar surface area (TPSA) is 71.6 Å². The zero-order valence-corrected chi connectivity index (χ0v) is 15.3. The van der Waals surface area contributed by atoms with Crippen LogP contribution in [0, 0.1) is 0 Å². The van der Waals surface area contributed by atoms with Crippen LogP contribution in [0.1, 0.15) is 17.3 Å². The normalized spacial score (nSPS) is 9.88. The number of thiocarbonyl (C=S) groups is 1. The fourth-order valence-corrected chi connectivity index (χ4v) is 2.26. The molecule has 0 aliphatic heterocycles. The van der Waals surface area contributed by atoms with Crippen LogP contribution in [-0.4, -0.2) is 24.7 Å². The van der Waals surface area contributed by atoms with Crippen LogP contribution in [0.3, 0.4) is 0 Å². The molecular formula is C17H18ClN3O3S. The van der Waals surface area contributed by atoms with E-state index in [9.17, 15) is 4.79 Å². The van der Waals surface area contributed by atoms with E-state index in [0.717, 1.165) is 5.69 Å². The highest BCUT2D eigenvalue weighted by Gasteiger charge is 2.11. The van der Waals surface area contributed by atoms with E-state index in [1.54, 1.807) is 42.5 Å². The molecule has 0 aliphatic carbocycles. The molecule has 0 heterocycles. The second-order valence-electron chi connectivity index (χ2n) is 4.84. The van der Waals surface area contributed by atoms with E-state index in [2.05, 4.69) is 16.2 Å². The van der Waals surface area contributed by atoms with Gasteiger partial charge in [0.15, 0.2) is 16.6 Å². The summed E-state index contributed by atoms with van der Waals surface area (Å²) >= 11 is 10.9. The zero-order chi connectivity index (χ0) is 18.2. The predicted octanol–water partition coefficient (Wildman–Crippen LogP) is 3.38. The van der Waals surface area contributed by atoms with E-state index in [1.165, 1.54) is 7.11 Å². The highest BCUT2D eigenvalue weighted by atomic mass is 35.5. The lowest BCUT2D eigenvalue weighted by molar-refractivity contribution is 0.0943. The first-order valence-corrected chi connectivity index (χ1v) is 8.26. The maximum Gasteiger partial charge on any atom is 0.269 e. The number of carbonyl (C=O) groups excluding carboxylic acids is 1. The summed E-state index contributed by atoms with van der Waals surface area (Å²) < 4.78 is 10.7. The van der Waals surface area contributed by atoms with Crippen molar-refractivity contribution in [1.82, 2.24) is 10.9 Å². The molecule has 0 saturated heterocycles. The number of benzene rings is 2. The van der Waals surface area contributed by atoms with Crippen molar-refractivity contribution in [2.45, 2.75) is 6.92 Å². The molecular weight excluding hydrogens is 362 g/mol. The summed E-state index contributed by atoms with van der Waals surface area (Å²) in [6.07, 6.45) is 0. The summed E-state index contributed by atoms with van der Waals surface area (Å²) in [5.74, 6) is 0.701. The number of hydrogen-bond acceptors (Lipinski definition) is 4. The number of nitrogens with one attached hydrogen (secondary N) is 3. The summed E-state index contributed by atoms with van der Waals surface area (Å²) in [5, 5.41) is 3.80. The minimum atomic E-state index is -0.360. The molecule has 25 heavy (non-hydrogen) atoms. The fourth-order valence-electron chi connectivity index (χ4n) is 1.96. The summed E-state index contributed by atoms with van der Waals surface area (Å²) in [5.41, 5.74) is 6.31. The van der Waals surface area contributed by atoms with Gasteiger partial charge in [-0.15, -0.1) is 0 Å². The molecule has 0 spiro atoms. The van der Waals surface area contributed by atoms with Gasteiger partial charge in [-0.1, -0.05) is 11.6 Å². The molecule has 0 aromatic heterocycles. The average molecular weight is 380 g/mol. The highest BCUT2D eigenvalue weighted by Crippen LogP contribution is 2.27. The molecule has 2 aromatic rings. The van der Waals surface area contributed by atoms with Gasteiger partial charge in [0.05, 0.1) is 13.7 Å². The Morgan fingerprint density at radius 1 is 1.12 bits per heavy atom. The van der Waals surface area contributed by atoms with E-state index in [1.807, 2.05) is 6.92 Å². The third-order valence-electron chi connectivity index (χ3n) is 3.12. The van der Waals surface area contributed by atoms with E-state index >= 15 is 0 Å². The van der Waals surface area contributed by atoms with Crippen molar-refractivity contribution >= 4 is 40.5 Å². The molecule has 0 unspecified atom stereocenters. The SMILES string of the molecule is CCOc1ccc(C(=O)NNC(=S)Nc2ccc(Cl)cc2)cc1OC. The Bertz CT molecular complexity index is 753. The molecule has 0 radical (unpaired) electrons. The Hall–Kier alpha value is -2.51. The second kappa shape index (κ2) is 9.10. The van der Waals surface area contributed by atoms with Gasteiger partial charge in [-0.3, -0.25) is 15.6 Å². The van der Waals surface area contributed by atoms with Crippen molar-refractivity contribution in [2.24, 2.45) is 0 Å². The summed E-state index contributed by atoms with van der Waals surface area (Å²) in [6, 6.07) is 11.9. The minimum Gasteiger partial charge on any atom is -0.493 e. The van der Waals surface area contributed by atoms with Gasteiger partial charge in [-0.05, 0) is 61.6 Å². The van der Waals surface area contributed by atoms with Crippen molar-refractivity contribution in [3.63, 3.8) is 0 Å². The Morgan fingerprint density at radius 3 is 2.48 bits per heavy atom. The first-order valence-electron chi connectivity index (χ1n) is 7.47. The van der Waals surface area contributed by atoms with Gasteiger partial charge in [-0.2, -0.15) is 0 Å². The quantitative estimate of drug-likeness (QED) is 0.546. The molecule has 8 heteroatoms. The second-order valence-corrected chi connectivity index (χ2v) is 5.68. The number of carbonyl (C=O) groups is 1. The number of amides is 1. The Kier molecular flexibility index (Phi) is 6.85. The molecule has 0 atom stereocenters. The number of methoxy groups -OCH3 is 1. The molecule has 0 fully saturated rings. The smallest absolute Gasteiger partial charge is 0.269 e. The molecule has 132 valence electrons. The van der Waals surface area contributed by atoms with Gasteiger partial charge in [0.1, 0.15) is 0 Å². The first kappa shape index (κ1) is 18.8. The van der Waals surface area contributed by atoms with Crippen LogP contribution < -0.4 is 25.6 Å². The largest absolute Gasteiger partial charge is 0.493 e. The highest BCUT2D eigenvalue weighted by molar-refractivity contribution is 7.80. The van der Waals surface area contributed by atoms with Gasteiger partial charge >= 0.3 is 0 Å². The van der Waals surface area contributed by atoms with Crippen LogP contribution in [0.25, 0.3) is 0 Å². The molecule has 1 amide bonds. The van der Waals surface area contributed by atoms with Crippen molar-refractivity contribution in [1.29, 1.82) is 0 Å². The lowest BCUT2D eigenvalue weighted by atomic mass is 10.2. The van der Waals surface area contributed by atoms with E-state index in [-0.39, 0.29) is 11.0 Å². The maximum absolute atomic E-state index is 12.2. The molecule has 2 rings (SSSR count). The number of halogens is 1. The van der Waals surface area contributed by atoms with Gasteiger partial charge in [0, 0.05) is 16.3 Å². The Labute approximate surface area is 156 Å². The molecule has 0 saturated carbocycles. The first-order chi connectivity index (χ1) is 12.0. The summed E-state index contributed by atoms with van der Waals surface area (Å²) in [7, 11) is 1.52. The van der Waals surface area contributed by atoms with Crippen LogP contribution in [0.15, 0.2) is 42.5 Å². The number of ether oxygens (including phenoxy) is 2. The van der Waals surface area contributed by atoms with Gasteiger partial charge < -0.3 is 14.8 Å². The van der Waals surface area contributed by atoms with Crippen LogP contribution in [0.2, 0.25) is 5.02 Å². The summed E-state index contributed by atoms with van der Waals surface area (Å²) in [6.45, 7) is 2.38. The van der Waals surface area contributed by atoms with Crippen molar-refractivity contribution in [2.75, 3.05) is 19.0 Å². The lowest BCUT2D eigenvalue weighted by Crippen LogP contribution is -2.43. The molecule has 2 aromatic carbocycles. The van der Waals surface area contributed by atoms with E-state index in [4.69, 9.17) is 33.3 Å². The molecule has 3 N–H and O–H groups in total. The van der Waals surface area contributed by atoms with Crippen LogP contribution in [0.4, 0.5) is 5.69 Å². The average Bonchev–Trinajstić information content (AvgIpc) is 2.62. The van der Waals surface area contributed by atoms with Crippen molar-refractivity contribution < 1.29 is 14.3 Å². The van der Waals surface area contributed by atoms with Gasteiger partial charge in [0.25, 0.3) is 5.91 Å². The molecule has 0 aliphatic rings. The fraction of sp³-hybridized carbons (Fsp3) is 0.176. The van der Waals surface area contributed by atoms with Crippen LogP contribution >= 0.6 is 23.8 Å². The van der Waals surface area contributed by atoms with Gasteiger partial charge in [-0.25, -0.2) is 0 Å². The van der Waals surface area contributed by atoms with Gasteiger partial charge in [0.2, 0.25) is 0 Å². The third kappa shape index (κ3) is 5.51. The molecule has 0 bridgehead atoms. The zero-order valence-electron chi connectivity index (χ0n) is 13.8. The third-order valence-corrected chi connectivity index (χ3v) is 3.57. The number of anilines is 1. The van der Waals surface area contributed by atoms with Crippen molar-refractivity contribution in [3.05, 3.63) is 53.1 Å². The van der Waals surface area contributed by atoms with Crippen LogP contribution in [-0.2, 0) is 0 Å². The maximum atomic E-state index is 12.2. The number of hydrazine groups is 1. The molecule has 6 nitrogen and oxygen atoms in total. The Morgan fingerprint density at radius 2 is 1.84 bits per heavy atom. The number of rotatable bonds is 5. The van der Waals surface area contributed by atoms with E-state index in [0.29, 0.717) is 28.7 Å². The predicted molar refractivity (Wildman–Crippen MR) is 102 cm³/mol. The van der Waals surface area contributed by atoms with Crippen LogP contribution in [0.5, 0.6) is 11.5 Å². The number of hydrogen-bond donors (Lipinski definition) is 3.